The number of aryl methyl sites for hydroxylation is 2. The third-order valence-corrected chi connectivity index (χ3v) is 4.89. The van der Waals surface area contributed by atoms with Crippen molar-refractivity contribution in [3.8, 4) is 5.75 Å². The fourth-order valence-corrected chi connectivity index (χ4v) is 3.15. The average molecular weight is 376 g/mol. The summed E-state index contributed by atoms with van der Waals surface area (Å²) in [6, 6.07) is 17.2. The maximum Gasteiger partial charge on any atom is 0.269 e. The Morgan fingerprint density at radius 1 is 0.893 bits per heavy atom. The van der Waals surface area contributed by atoms with Gasteiger partial charge in [-0.05, 0) is 60.9 Å². The fourth-order valence-electron chi connectivity index (χ4n) is 3.15. The van der Waals surface area contributed by atoms with Gasteiger partial charge in [0.05, 0.1) is 13.0 Å². The van der Waals surface area contributed by atoms with Crippen LogP contribution in [0.4, 0.5) is 0 Å². The minimum atomic E-state index is -0.411. The highest BCUT2D eigenvalue weighted by Crippen LogP contribution is 2.25. The Labute approximate surface area is 164 Å². The van der Waals surface area contributed by atoms with Gasteiger partial charge in [0.25, 0.3) is 5.91 Å². The quantitative estimate of drug-likeness (QED) is 0.676. The van der Waals surface area contributed by atoms with E-state index < -0.39 is 5.92 Å². The van der Waals surface area contributed by atoms with Crippen LogP contribution < -0.4 is 15.6 Å². The molecule has 0 radical (unpaired) electrons. The van der Waals surface area contributed by atoms with Gasteiger partial charge < -0.3 is 4.74 Å². The van der Waals surface area contributed by atoms with Crippen LogP contribution in [-0.4, -0.2) is 18.9 Å². The van der Waals surface area contributed by atoms with Crippen LogP contribution in [0.5, 0.6) is 5.75 Å². The van der Waals surface area contributed by atoms with E-state index >= 15 is 0 Å². The molecule has 3 aromatic rings. The normalized spacial score (nSPS) is 11.7. The summed E-state index contributed by atoms with van der Waals surface area (Å²) < 4.78 is 5.24. The molecule has 0 aromatic heterocycles. The largest absolute Gasteiger partial charge is 0.497 e. The van der Waals surface area contributed by atoms with E-state index in [1.54, 1.807) is 13.2 Å². The predicted octanol–water partition coefficient (Wildman–Crippen LogP) is 4.03. The number of nitrogens with one attached hydrogen (secondary N) is 2. The molecular formula is C23H24N2O3. The Balaban J connectivity index is 1.68. The number of benzene rings is 3. The van der Waals surface area contributed by atoms with Gasteiger partial charge in [0.1, 0.15) is 5.75 Å². The summed E-state index contributed by atoms with van der Waals surface area (Å²) in [4.78, 5) is 24.8. The highest BCUT2D eigenvalue weighted by atomic mass is 16.5. The topological polar surface area (TPSA) is 67.4 Å². The van der Waals surface area contributed by atoms with Crippen LogP contribution in [-0.2, 0) is 4.79 Å². The molecule has 0 aliphatic heterocycles. The maximum absolute atomic E-state index is 12.5. The summed E-state index contributed by atoms with van der Waals surface area (Å²) in [5.41, 5.74) is 8.40. The lowest BCUT2D eigenvalue weighted by molar-refractivity contribution is -0.123. The first-order valence-corrected chi connectivity index (χ1v) is 9.14. The van der Waals surface area contributed by atoms with Crippen molar-refractivity contribution in [1.29, 1.82) is 0 Å². The van der Waals surface area contributed by atoms with Crippen molar-refractivity contribution >= 4 is 22.6 Å². The molecule has 0 fully saturated rings. The molecule has 0 saturated heterocycles. The van der Waals surface area contributed by atoms with Crippen molar-refractivity contribution < 1.29 is 14.3 Å². The Morgan fingerprint density at radius 2 is 1.61 bits per heavy atom. The van der Waals surface area contributed by atoms with Gasteiger partial charge in [-0.15, -0.1) is 0 Å². The van der Waals surface area contributed by atoms with Crippen LogP contribution in [0.25, 0.3) is 10.8 Å². The highest BCUT2D eigenvalue weighted by molar-refractivity contribution is 5.97. The molecule has 2 N–H and O–H groups in total. The molecule has 5 heteroatoms. The Kier molecular flexibility index (Phi) is 5.64. The summed E-state index contributed by atoms with van der Waals surface area (Å²) in [5.74, 6) is -0.222. The van der Waals surface area contributed by atoms with Crippen LogP contribution in [0.15, 0.2) is 54.6 Å². The molecule has 0 saturated carbocycles. The smallest absolute Gasteiger partial charge is 0.269 e. The third-order valence-electron chi connectivity index (χ3n) is 4.89. The lowest BCUT2D eigenvalue weighted by atomic mass is 9.97. The van der Waals surface area contributed by atoms with Crippen LogP contribution in [0.2, 0.25) is 0 Å². The molecule has 0 unspecified atom stereocenters. The van der Waals surface area contributed by atoms with E-state index in [2.05, 4.69) is 10.9 Å². The van der Waals surface area contributed by atoms with E-state index in [9.17, 15) is 9.59 Å². The Bertz CT molecular complexity index is 1040. The van der Waals surface area contributed by atoms with Crippen molar-refractivity contribution in [3.63, 3.8) is 0 Å². The molecule has 0 aliphatic rings. The summed E-state index contributed by atoms with van der Waals surface area (Å²) in [6.45, 7) is 5.65. The number of carbonyl (C=O) groups is 2. The van der Waals surface area contributed by atoms with Crippen LogP contribution >= 0.6 is 0 Å². The molecule has 1 atom stereocenters. The number of hydrazine groups is 1. The van der Waals surface area contributed by atoms with Gasteiger partial charge >= 0.3 is 0 Å². The molecular weight excluding hydrogens is 352 g/mol. The number of rotatable bonds is 4. The third kappa shape index (κ3) is 4.14. The van der Waals surface area contributed by atoms with Crippen molar-refractivity contribution in [3.05, 3.63) is 76.9 Å². The predicted molar refractivity (Wildman–Crippen MR) is 110 cm³/mol. The van der Waals surface area contributed by atoms with Gasteiger partial charge in [0.2, 0.25) is 5.91 Å². The summed E-state index contributed by atoms with van der Waals surface area (Å²) in [6.07, 6.45) is 0. The molecule has 0 aliphatic carbocycles. The van der Waals surface area contributed by atoms with E-state index in [1.807, 2.05) is 69.3 Å². The second-order valence-corrected chi connectivity index (χ2v) is 6.96. The summed E-state index contributed by atoms with van der Waals surface area (Å²) in [5, 5.41) is 2.07. The van der Waals surface area contributed by atoms with E-state index in [0.29, 0.717) is 5.56 Å². The molecule has 28 heavy (non-hydrogen) atoms. The van der Waals surface area contributed by atoms with E-state index in [4.69, 9.17) is 4.74 Å². The lowest BCUT2D eigenvalue weighted by Crippen LogP contribution is -2.43. The molecule has 0 bridgehead atoms. The number of fused-ring (bicyclic) bond motifs is 1. The first-order chi connectivity index (χ1) is 13.4. The van der Waals surface area contributed by atoms with Gasteiger partial charge in [0.15, 0.2) is 0 Å². The molecule has 3 rings (SSSR count). The molecule has 3 aromatic carbocycles. The summed E-state index contributed by atoms with van der Waals surface area (Å²) in [7, 11) is 1.63. The minimum absolute atomic E-state index is 0.272. The van der Waals surface area contributed by atoms with E-state index in [-0.39, 0.29) is 11.8 Å². The number of ether oxygens (including phenoxy) is 1. The molecule has 0 spiro atoms. The number of carbonyl (C=O) groups excluding carboxylic acids is 2. The Morgan fingerprint density at radius 3 is 2.32 bits per heavy atom. The van der Waals surface area contributed by atoms with Crippen LogP contribution in [0.1, 0.15) is 39.9 Å². The van der Waals surface area contributed by atoms with E-state index in [1.165, 1.54) is 0 Å². The molecule has 0 heterocycles. The van der Waals surface area contributed by atoms with Gasteiger partial charge in [-0.3, -0.25) is 20.4 Å². The SMILES string of the molecule is COc1ccc2cc([C@H](C)C(=O)NNC(=O)c3ccc(C)cc3C)ccc2c1. The standard InChI is InChI=1S/C23H24N2O3/c1-14-5-10-21(15(2)11-14)23(27)25-24-22(26)16(3)17-6-7-19-13-20(28-4)9-8-18(19)12-17/h5-13,16H,1-4H3,(H,24,26)(H,25,27)/t16-/m0/s1. The van der Waals surface area contributed by atoms with Gasteiger partial charge in [-0.25, -0.2) is 0 Å². The monoisotopic (exact) mass is 376 g/mol. The van der Waals surface area contributed by atoms with Crippen molar-refractivity contribution in [1.82, 2.24) is 10.9 Å². The van der Waals surface area contributed by atoms with E-state index in [0.717, 1.165) is 33.2 Å². The highest BCUT2D eigenvalue weighted by Gasteiger charge is 2.17. The zero-order valence-electron chi connectivity index (χ0n) is 16.5. The maximum atomic E-state index is 12.5. The second kappa shape index (κ2) is 8.13. The van der Waals surface area contributed by atoms with Crippen molar-refractivity contribution in [2.24, 2.45) is 0 Å². The van der Waals surface area contributed by atoms with Crippen LogP contribution in [0, 0.1) is 13.8 Å². The van der Waals surface area contributed by atoms with Crippen molar-refractivity contribution in [2.45, 2.75) is 26.7 Å². The summed E-state index contributed by atoms with van der Waals surface area (Å²) >= 11 is 0. The van der Waals surface area contributed by atoms with Gasteiger partial charge in [-0.1, -0.05) is 42.0 Å². The first kappa shape index (κ1) is 19.4. The molecule has 144 valence electrons. The molecule has 5 nitrogen and oxygen atoms in total. The van der Waals surface area contributed by atoms with Gasteiger partial charge in [0, 0.05) is 5.56 Å². The number of hydrogen-bond donors (Lipinski definition) is 2. The second-order valence-electron chi connectivity index (χ2n) is 6.96. The van der Waals surface area contributed by atoms with Crippen LogP contribution in [0.3, 0.4) is 0 Å². The minimum Gasteiger partial charge on any atom is -0.497 e. The zero-order chi connectivity index (χ0) is 20.3. The lowest BCUT2D eigenvalue weighted by Gasteiger charge is -2.15. The van der Waals surface area contributed by atoms with Crippen molar-refractivity contribution in [2.75, 3.05) is 7.11 Å². The first-order valence-electron chi connectivity index (χ1n) is 9.14. The molecule has 2 amide bonds. The zero-order valence-corrected chi connectivity index (χ0v) is 16.5. The average Bonchev–Trinajstić information content (AvgIpc) is 2.70. The number of hydrogen-bond acceptors (Lipinski definition) is 3. The van der Waals surface area contributed by atoms with Gasteiger partial charge in [-0.2, -0.15) is 0 Å². The number of methoxy groups -OCH3 is 1. The number of amides is 2. The Hall–Kier alpha value is -3.34. The fraction of sp³-hybridized carbons (Fsp3) is 0.217.